The molecule has 0 atom stereocenters. The van der Waals surface area contributed by atoms with Crippen LogP contribution in [0.25, 0.3) is 4.48 Å². The summed E-state index contributed by atoms with van der Waals surface area (Å²) in [7, 11) is 0. The maximum atomic E-state index is 10.4. The summed E-state index contributed by atoms with van der Waals surface area (Å²) in [5.74, 6) is -0.915. The average molecular weight is 227 g/mol. The number of carbonyl (C=O) groups is 1. The number of carboxylic acids is 1. The number of aromatic carboxylic acids is 1. The van der Waals surface area contributed by atoms with E-state index in [9.17, 15) is 4.79 Å². The smallest absolute Gasteiger partial charge is 0.335 e. The second-order valence-corrected chi connectivity index (χ2v) is 3.24. The van der Waals surface area contributed by atoms with Crippen LogP contribution in [0.2, 0.25) is 0 Å². The summed E-state index contributed by atoms with van der Waals surface area (Å²) in [6.45, 7) is 3.67. The molecule has 2 nitrogen and oxygen atoms in total. The first-order valence-electron chi connectivity index (χ1n) is 3.29. The Balaban J connectivity index is 3.01. The van der Waals surface area contributed by atoms with Gasteiger partial charge in [0.25, 0.3) is 0 Å². The van der Waals surface area contributed by atoms with Crippen LogP contribution in [0, 0.1) is 0 Å². The Kier molecular flexibility index (Phi) is 2.65. The van der Waals surface area contributed by atoms with Crippen LogP contribution in [0.15, 0.2) is 30.8 Å². The zero-order chi connectivity index (χ0) is 9.14. The number of rotatable bonds is 2. The van der Waals surface area contributed by atoms with Gasteiger partial charge in [-0.2, -0.15) is 0 Å². The third-order valence-corrected chi connectivity index (χ3v) is 1.90. The average Bonchev–Trinajstić information content (AvgIpc) is 2.04. The van der Waals surface area contributed by atoms with Gasteiger partial charge in [0.1, 0.15) is 0 Å². The number of hydrogen-bond acceptors (Lipinski definition) is 1. The molecule has 1 N–H and O–H groups in total. The molecule has 0 aliphatic rings. The van der Waals surface area contributed by atoms with Crippen molar-refractivity contribution in [1.82, 2.24) is 0 Å². The van der Waals surface area contributed by atoms with E-state index in [0.29, 0.717) is 0 Å². The second kappa shape index (κ2) is 3.54. The minimum absolute atomic E-state index is 0.285. The maximum Gasteiger partial charge on any atom is 0.335 e. The molecule has 0 unspecified atom stereocenters. The summed E-state index contributed by atoms with van der Waals surface area (Å²) < 4.78 is 0.749. The van der Waals surface area contributed by atoms with Gasteiger partial charge in [-0.3, -0.25) is 0 Å². The van der Waals surface area contributed by atoms with Crippen molar-refractivity contribution in [3.8, 4) is 0 Å². The number of halogens is 1. The van der Waals surface area contributed by atoms with E-state index >= 15 is 0 Å². The Morgan fingerprint density at radius 2 is 1.67 bits per heavy atom. The predicted molar refractivity (Wildman–Crippen MR) is 51.4 cm³/mol. The lowest BCUT2D eigenvalue weighted by molar-refractivity contribution is 0.0697. The molecule has 0 saturated carbocycles. The summed E-state index contributed by atoms with van der Waals surface area (Å²) >= 11 is 3.20. The van der Waals surface area contributed by atoms with Crippen LogP contribution in [-0.4, -0.2) is 11.1 Å². The van der Waals surface area contributed by atoms with Gasteiger partial charge in [0.2, 0.25) is 0 Å². The van der Waals surface area contributed by atoms with Gasteiger partial charge in [-0.05, 0) is 17.7 Å². The maximum absolute atomic E-state index is 10.4. The van der Waals surface area contributed by atoms with Crippen molar-refractivity contribution in [3.05, 3.63) is 42.0 Å². The van der Waals surface area contributed by atoms with Gasteiger partial charge in [0.15, 0.2) is 0 Å². The molecule has 0 aromatic heterocycles. The van der Waals surface area contributed by atoms with Gasteiger partial charge in [-0.1, -0.05) is 34.6 Å². The van der Waals surface area contributed by atoms with Crippen molar-refractivity contribution >= 4 is 26.4 Å². The highest BCUT2D eigenvalue weighted by Crippen LogP contribution is 2.18. The molecule has 1 rings (SSSR count). The molecule has 0 saturated heterocycles. The Morgan fingerprint density at radius 1 is 1.25 bits per heavy atom. The van der Waals surface area contributed by atoms with Crippen LogP contribution in [-0.2, 0) is 0 Å². The van der Waals surface area contributed by atoms with Gasteiger partial charge in [-0.25, -0.2) is 4.79 Å². The third-order valence-electron chi connectivity index (χ3n) is 1.45. The van der Waals surface area contributed by atoms with Gasteiger partial charge in [0, 0.05) is 4.48 Å². The summed E-state index contributed by atoms with van der Waals surface area (Å²) in [6, 6.07) is 6.51. The molecule has 0 aliphatic carbocycles. The van der Waals surface area contributed by atoms with E-state index in [1.807, 2.05) is 0 Å². The van der Waals surface area contributed by atoms with E-state index in [4.69, 9.17) is 5.11 Å². The van der Waals surface area contributed by atoms with E-state index in [2.05, 4.69) is 22.5 Å². The van der Waals surface area contributed by atoms with Crippen LogP contribution in [0.4, 0.5) is 0 Å². The molecule has 12 heavy (non-hydrogen) atoms. The zero-order valence-electron chi connectivity index (χ0n) is 6.25. The molecular formula is C9H7BrO2. The SMILES string of the molecule is C=C(Br)c1ccc(C(=O)O)cc1. The molecule has 0 amide bonds. The normalized spacial score (nSPS) is 9.42. The lowest BCUT2D eigenvalue weighted by Gasteiger charge is -1.97. The first-order chi connectivity index (χ1) is 5.61. The Hall–Kier alpha value is -1.09. The minimum atomic E-state index is -0.915. The highest BCUT2D eigenvalue weighted by Gasteiger charge is 2.01. The zero-order valence-corrected chi connectivity index (χ0v) is 7.84. The Morgan fingerprint density at radius 3 is 2.00 bits per heavy atom. The van der Waals surface area contributed by atoms with Crippen molar-refractivity contribution in [1.29, 1.82) is 0 Å². The summed E-state index contributed by atoms with van der Waals surface area (Å²) in [5, 5.41) is 8.58. The van der Waals surface area contributed by atoms with Gasteiger partial charge >= 0.3 is 5.97 Å². The second-order valence-electron chi connectivity index (χ2n) is 2.29. The summed E-state index contributed by atoms with van der Waals surface area (Å²) in [4.78, 5) is 10.4. The largest absolute Gasteiger partial charge is 0.478 e. The van der Waals surface area contributed by atoms with Crippen LogP contribution >= 0.6 is 15.9 Å². The van der Waals surface area contributed by atoms with Crippen molar-refractivity contribution in [3.63, 3.8) is 0 Å². The van der Waals surface area contributed by atoms with E-state index in [1.54, 1.807) is 24.3 Å². The van der Waals surface area contributed by atoms with Crippen molar-refractivity contribution < 1.29 is 9.90 Å². The van der Waals surface area contributed by atoms with Gasteiger partial charge < -0.3 is 5.11 Å². The molecule has 62 valence electrons. The highest BCUT2D eigenvalue weighted by molar-refractivity contribution is 9.15. The first-order valence-corrected chi connectivity index (χ1v) is 4.08. The Labute approximate surface area is 78.7 Å². The van der Waals surface area contributed by atoms with Crippen LogP contribution < -0.4 is 0 Å². The summed E-state index contributed by atoms with van der Waals surface area (Å²) in [5.41, 5.74) is 1.17. The summed E-state index contributed by atoms with van der Waals surface area (Å²) in [6.07, 6.45) is 0. The molecular weight excluding hydrogens is 220 g/mol. The van der Waals surface area contributed by atoms with Crippen molar-refractivity contribution in [2.75, 3.05) is 0 Å². The fourth-order valence-electron chi connectivity index (χ4n) is 0.794. The Bertz CT molecular complexity index is 281. The van der Waals surface area contributed by atoms with Crippen molar-refractivity contribution in [2.45, 2.75) is 0 Å². The lowest BCUT2D eigenvalue weighted by Crippen LogP contribution is -1.94. The number of hydrogen-bond donors (Lipinski definition) is 1. The lowest BCUT2D eigenvalue weighted by atomic mass is 10.1. The van der Waals surface area contributed by atoms with Gasteiger partial charge in [0.05, 0.1) is 5.56 Å². The molecule has 1 aromatic carbocycles. The van der Waals surface area contributed by atoms with Crippen LogP contribution in [0.1, 0.15) is 15.9 Å². The van der Waals surface area contributed by atoms with Crippen LogP contribution in [0.3, 0.4) is 0 Å². The standard InChI is InChI=1S/C9H7BrO2/c1-6(10)7-2-4-8(5-3-7)9(11)12/h2-5H,1H2,(H,11,12). The van der Waals surface area contributed by atoms with Gasteiger partial charge in [-0.15, -0.1) is 0 Å². The molecule has 0 bridgehead atoms. The molecule has 1 aromatic rings. The first kappa shape index (κ1) is 9.00. The number of benzene rings is 1. The fraction of sp³-hybridized carbons (Fsp3) is 0. The van der Waals surface area contributed by atoms with E-state index in [1.165, 1.54) is 0 Å². The molecule has 0 radical (unpaired) electrons. The molecule has 0 spiro atoms. The van der Waals surface area contributed by atoms with E-state index in [0.717, 1.165) is 10.0 Å². The molecule has 0 heterocycles. The molecule has 3 heteroatoms. The quantitative estimate of drug-likeness (QED) is 0.843. The predicted octanol–water partition coefficient (Wildman–Crippen LogP) is 2.75. The highest BCUT2D eigenvalue weighted by atomic mass is 79.9. The molecule has 0 aliphatic heterocycles. The topological polar surface area (TPSA) is 37.3 Å². The number of carboxylic acid groups (broad SMARTS) is 1. The monoisotopic (exact) mass is 226 g/mol. The third kappa shape index (κ3) is 1.95. The van der Waals surface area contributed by atoms with Crippen LogP contribution in [0.5, 0.6) is 0 Å². The van der Waals surface area contributed by atoms with E-state index in [-0.39, 0.29) is 5.56 Å². The minimum Gasteiger partial charge on any atom is -0.478 e. The van der Waals surface area contributed by atoms with Crippen molar-refractivity contribution in [2.24, 2.45) is 0 Å². The van der Waals surface area contributed by atoms with E-state index < -0.39 is 5.97 Å². The fourth-order valence-corrected chi connectivity index (χ4v) is 1.06. The molecule has 0 fully saturated rings.